The maximum absolute atomic E-state index is 12.3. The van der Waals surface area contributed by atoms with Crippen molar-refractivity contribution in [2.45, 2.75) is 12.3 Å². The van der Waals surface area contributed by atoms with Crippen LogP contribution in [0.4, 0.5) is 4.79 Å². The lowest BCUT2D eigenvalue weighted by Gasteiger charge is -2.17. The van der Waals surface area contributed by atoms with Crippen molar-refractivity contribution in [1.29, 1.82) is 0 Å². The van der Waals surface area contributed by atoms with Gasteiger partial charge in [-0.2, -0.15) is 0 Å². The molecule has 0 aromatic heterocycles. The molecule has 6 aromatic carbocycles. The summed E-state index contributed by atoms with van der Waals surface area (Å²) in [6.45, 7) is -0.879. The number of ketones is 2. The van der Waals surface area contributed by atoms with E-state index in [1.165, 1.54) is 4.90 Å². The molecular formula is C43H43NO8. The van der Waals surface area contributed by atoms with Gasteiger partial charge in [0.25, 0.3) is 0 Å². The number of hydrogen-bond acceptors (Lipinski definition) is 8. The van der Waals surface area contributed by atoms with Gasteiger partial charge >= 0.3 is 6.09 Å². The minimum atomic E-state index is -0.483. The Morgan fingerprint density at radius 1 is 0.577 bits per heavy atom. The lowest BCUT2D eigenvalue weighted by molar-refractivity contribution is -0.122. The Bertz CT molecular complexity index is 2070. The Morgan fingerprint density at radius 2 is 1.06 bits per heavy atom. The fraction of sp³-hybridized carbons (Fsp3) is 0.186. The summed E-state index contributed by atoms with van der Waals surface area (Å²) >= 11 is 0. The molecule has 0 radical (unpaired) electrons. The Kier molecular flexibility index (Phi) is 14.5. The number of aliphatic hydroxyl groups is 2. The highest BCUT2D eigenvalue weighted by Crippen LogP contribution is 2.30. The van der Waals surface area contributed by atoms with Crippen molar-refractivity contribution in [1.82, 2.24) is 4.90 Å². The van der Waals surface area contributed by atoms with Crippen LogP contribution in [-0.2, 0) is 16.0 Å². The largest absolute Gasteiger partial charge is 0.497 e. The number of benzene rings is 6. The quantitative estimate of drug-likeness (QED) is 0.153. The lowest BCUT2D eigenvalue weighted by atomic mass is 9.87. The number of fused-ring (bicyclic) bond motifs is 2. The van der Waals surface area contributed by atoms with Crippen LogP contribution in [0.5, 0.6) is 17.2 Å². The van der Waals surface area contributed by atoms with Gasteiger partial charge in [-0.1, -0.05) is 97.1 Å². The molecule has 0 fully saturated rings. The number of methoxy groups -OCH3 is 2. The van der Waals surface area contributed by atoms with Crippen LogP contribution in [0.25, 0.3) is 21.5 Å². The third kappa shape index (κ3) is 11.0. The molecular weight excluding hydrogens is 658 g/mol. The minimum Gasteiger partial charge on any atom is -0.497 e. The van der Waals surface area contributed by atoms with Gasteiger partial charge in [0.05, 0.1) is 20.1 Å². The van der Waals surface area contributed by atoms with Crippen LogP contribution < -0.4 is 14.2 Å². The smallest absolute Gasteiger partial charge is 0.414 e. The first-order valence-electron chi connectivity index (χ1n) is 16.5. The van der Waals surface area contributed by atoms with E-state index in [2.05, 4.69) is 0 Å². The summed E-state index contributed by atoms with van der Waals surface area (Å²) < 4.78 is 15.3. The first kappa shape index (κ1) is 38.8. The molecule has 2 N–H and O–H groups in total. The number of amides is 1. The van der Waals surface area contributed by atoms with E-state index >= 15 is 0 Å². The molecule has 6 aromatic rings. The van der Waals surface area contributed by atoms with Crippen LogP contribution in [0, 0.1) is 0 Å². The van der Waals surface area contributed by atoms with E-state index in [4.69, 9.17) is 19.3 Å². The highest BCUT2D eigenvalue weighted by Gasteiger charge is 2.22. The molecule has 0 spiro atoms. The fourth-order valence-corrected chi connectivity index (χ4v) is 5.29. The summed E-state index contributed by atoms with van der Waals surface area (Å²) in [5.74, 6) is 1.20. The Balaban J connectivity index is 0.000000183. The Hall–Kier alpha value is -6.03. The molecule has 0 aliphatic heterocycles. The van der Waals surface area contributed by atoms with Crippen molar-refractivity contribution >= 4 is 39.2 Å². The monoisotopic (exact) mass is 701 g/mol. The Labute approximate surface area is 303 Å². The fourth-order valence-electron chi connectivity index (χ4n) is 5.29. The zero-order valence-corrected chi connectivity index (χ0v) is 29.7. The maximum Gasteiger partial charge on any atom is 0.414 e. The number of nitrogens with zero attached hydrogens (tertiary/aromatic N) is 1. The second kappa shape index (κ2) is 19.4. The lowest BCUT2D eigenvalue weighted by Crippen LogP contribution is -2.25. The summed E-state index contributed by atoms with van der Waals surface area (Å²) in [5, 5.41) is 22.3. The Morgan fingerprint density at radius 3 is 1.58 bits per heavy atom. The molecule has 0 aliphatic carbocycles. The van der Waals surface area contributed by atoms with Crippen molar-refractivity contribution in [2.24, 2.45) is 0 Å². The van der Waals surface area contributed by atoms with Crippen LogP contribution >= 0.6 is 0 Å². The summed E-state index contributed by atoms with van der Waals surface area (Å²) in [6.07, 6.45) is -0.0872. The average molecular weight is 702 g/mol. The first-order valence-corrected chi connectivity index (χ1v) is 16.5. The van der Waals surface area contributed by atoms with Crippen LogP contribution in [0.1, 0.15) is 22.6 Å². The molecule has 0 heterocycles. The van der Waals surface area contributed by atoms with Gasteiger partial charge in [0, 0.05) is 20.5 Å². The summed E-state index contributed by atoms with van der Waals surface area (Å²) in [5.41, 5.74) is 2.62. The molecule has 1 unspecified atom stereocenters. The number of hydrogen-bond donors (Lipinski definition) is 2. The number of rotatable bonds is 10. The molecule has 0 saturated carbocycles. The third-order valence-corrected chi connectivity index (χ3v) is 8.06. The van der Waals surface area contributed by atoms with E-state index in [-0.39, 0.29) is 24.1 Å². The van der Waals surface area contributed by atoms with Gasteiger partial charge in [0.1, 0.15) is 30.5 Å². The average Bonchev–Trinajstić information content (AvgIpc) is 3.18. The van der Waals surface area contributed by atoms with Gasteiger partial charge in [-0.3, -0.25) is 9.59 Å². The van der Waals surface area contributed by atoms with E-state index < -0.39 is 19.1 Å². The first-order chi connectivity index (χ1) is 25.1. The second-order valence-electron chi connectivity index (χ2n) is 11.9. The van der Waals surface area contributed by atoms with E-state index in [1.54, 1.807) is 46.5 Å². The molecule has 52 heavy (non-hydrogen) atoms. The molecule has 9 nitrogen and oxygen atoms in total. The standard InChI is InChI=1S/C20H18O3.C13H13NO2.C10H12O3/c1-23-18-10-8-15(9-11-18)20(19(22)13-21)17-7-6-14-4-2-3-5-16(14)12-17;1-14(2)13(15)16-12-8-7-10-5-3-4-6-11(10)9-12;1-13-10-4-2-8(3-5-10)6-9(12)7-11/h2-12,20-21H,13H2,1H3;3-9H,1-2H3;2-5,11H,6-7H2,1H3. The molecule has 268 valence electrons. The van der Waals surface area contributed by atoms with Crippen LogP contribution in [0.3, 0.4) is 0 Å². The predicted octanol–water partition coefficient (Wildman–Crippen LogP) is 7.24. The van der Waals surface area contributed by atoms with E-state index in [1.807, 2.05) is 115 Å². The van der Waals surface area contributed by atoms with Gasteiger partial charge in [-0.25, -0.2) is 4.79 Å². The van der Waals surface area contributed by atoms with Gasteiger partial charge in [-0.15, -0.1) is 0 Å². The molecule has 0 aliphatic rings. The number of Topliss-reactive ketones (excluding diaryl/α,β-unsaturated/α-hetero) is 2. The summed E-state index contributed by atoms with van der Waals surface area (Å²) in [6, 6.07) is 42.1. The number of aliphatic hydroxyl groups excluding tert-OH is 2. The zero-order valence-electron chi connectivity index (χ0n) is 29.7. The predicted molar refractivity (Wildman–Crippen MR) is 203 cm³/mol. The molecule has 1 atom stereocenters. The summed E-state index contributed by atoms with van der Waals surface area (Å²) in [7, 11) is 6.51. The van der Waals surface area contributed by atoms with Crippen molar-refractivity contribution in [3.63, 3.8) is 0 Å². The van der Waals surface area contributed by atoms with Crippen molar-refractivity contribution in [3.05, 3.63) is 150 Å². The van der Waals surface area contributed by atoms with E-state index in [0.717, 1.165) is 49.7 Å². The van der Waals surface area contributed by atoms with Crippen molar-refractivity contribution in [3.8, 4) is 17.2 Å². The summed E-state index contributed by atoms with van der Waals surface area (Å²) in [4.78, 5) is 35.9. The highest BCUT2D eigenvalue weighted by molar-refractivity contribution is 5.92. The van der Waals surface area contributed by atoms with Crippen LogP contribution in [-0.4, -0.2) is 74.3 Å². The van der Waals surface area contributed by atoms with Crippen molar-refractivity contribution in [2.75, 3.05) is 41.5 Å². The number of carbonyl (C=O) groups excluding carboxylic acids is 3. The molecule has 1 amide bonds. The minimum absolute atomic E-state index is 0.176. The highest BCUT2D eigenvalue weighted by atomic mass is 16.6. The topological polar surface area (TPSA) is 123 Å². The second-order valence-corrected chi connectivity index (χ2v) is 11.9. The maximum atomic E-state index is 12.3. The zero-order chi connectivity index (χ0) is 37.5. The molecule has 0 bridgehead atoms. The van der Waals surface area contributed by atoms with Gasteiger partial charge in [-0.05, 0) is 74.6 Å². The van der Waals surface area contributed by atoms with Crippen LogP contribution in [0.15, 0.2) is 133 Å². The molecule has 6 rings (SSSR count). The van der Waals surface area contributed by atoms with Gasteiger partial charge in [0.2, 0.25) is 0 Å². The van der Waals surface area contributed by atoms with Gasteiger partial charge in [0.15, 0.2) is 11.6 Å². The normalized spacial score (nSPS) is 10.9. The van der Waals surface area contributed by atoms with Gasteiger partial charge < -0.3 is 29.3 Å². The molecule has 9 heteroatoms. The van der Waals surface area contributed by atoms with Crippen LogP contribution in [0.2, 0.25) is 0 Å². The van der Waals surface area contributed by atoms with E-state index in [0.29, 0.717) is 5.75 Å². The molecule has 0 saturated heterocycles. The number of carbonyl (C=O) groups is 3. The van der Waals surface area contributed by atoms with E-state index in [9.17, 15) is 19.5 Å². The number of ether oxygens (including phenoxy) is 3. The third-order valence-electron chi connectivity index (χ3n) is 8.06. The SMILES string of the molecule is CN(C)C(=O)Oc1ccc2ccccc2c1.COc1ccc(C(C(=O)CO)c2ccc3ccccc3c2)cc1.COc1ccc(CC(=O)CO)cc1. The van der Waals surface area contributed by atoms with Crippen molar-refractivity contribution < 1.29 is 38.8 Å².